The molecule has 0 aromatic heterocycles. The van der Waals surface area contributed by atoms with E-state index in [0.29, 0.717) is 60.6 Å². The lowest BCUT2D eigenvalue weighted by Gasteiger charge is -2.64. The van der Waals surface area contributed by atoms with E-state index in [0.717, 1.165) is 36.8 Å². The second kappa shape index (κ2) is 15.1. The second-order valence-corrected chi connectivity index (χ2v) is 18.1. The van der Waals surface area contributed by atoms with Gasteiger partial charge in [0.15, 0.2) is 23.0 Å². The molecule has 1 saturated carbocycles. The van der Waals surface area contributed by atoms with Crippen molar-refractivity contribution in [1.29, 1.82) is 0 Å². The summed E-state index contributed by atoms with van der Waals surface area (Å²) in [4.78, 5) is 74.9. The van der Waals surface area contributed by atoms with Gasteiger partial charge in [-0.3, -0.25) is 28.8 Å². The molecule has 0 radical (unpaired) electrons. The number of quaternary nitrogens is 2. The maximum atomic E-state index is 13.8. The first-order chi connectivity index (χ1) is 27.3. The molecule has 58 heavy (non-hydrogen) atoms. The minimum absolute atomic E-state index is 0.115. The molecule has 4 heterocycles. The third kappa shape index (κ3) is 6.85. The van der Waals surface area contributed by atoms with Gasteiger partial charge in [0.05, 0.1) is 49.1 Å². The van der Waals surface area contributed by atoms with Crippen molar-refractivity contribution in [2.24, 2.45) is 22.7 Å². The molecular weight excluding hydrogens is 748 g/mol. The van der Waals surface area contributed by atoms with Crippen molar-refractivity contribution >= 4 is 35.8 Å². The van der Waals surface area contributed by atoms with Crippen LogP contribution in [0.4, 0.5) is 0 Å². The summed E-state index contributed by atoms with van der Waals surface area (Å²) in [6, 6.07) is 10.9. The quantitative estimate of drug-likeness (QED) is 0.150. The van der Waals surface area contributed by atoms with Crippen LogP contribution in [0, 0.1) is 22.7 Å². The molecule has 10 atom stereocenters. The highest BCUT2D eigenvalue weighted by molar-refractivity contribution is 5.89. The van der Waals surface area contributed by atoms with Crippen LogP contribution in [0.3, 0.4) is 0 Å². The Morgan fingerprint density at radius 3 is 1.09 bits per heavy atom. The highest BCUT2D eigenvalue weighted by Gasteiger charge is 2.76. The van der Waals surface area contributed by atoms with Gasteiger partial charge in [0.1, 0.15) is 13.1 Å². The second-order valence-electron chi connectivity index (χ2n) is 18.1. The normalized spacial score (nSPS) is 34.7. The highest BCUT2D eigenvalue weighted by Crippen LogP contribution is 2.71. The van der Waals surface area contributed by atoms with E-state index >= 15 is 0 Å². The van der Waals surface area contributed by atoms with E-state index in [2.05, 4.69) is 14.1 Å². The Kier molecular flexibility index (Phi) is 10.8. The smallest absolute Gasteiger partial charge is 0.311 e. The zero-order chi connectivity index (χ0) is 41.9. The summed E-state index contributed by atoms with van der Waals surface area (Å²) in [7, 11) is 4.39. The standard InChI is InChI=1S/C44H54N2O12/c1-25(47)55-37-13-7-29(17-39(37)57-27(3)49)23-45(5)33-9-10-34(45)20-31(19-33)43(41(51)52)15-16-44(43,42(53)54)32-21-35-11-12-36(22-32)46(35,6)24-30-8-14-38(56-26(2)48)40(18-30)58-28(4)50/h7-8,13-14,17-18,31-36H,9-12,15-16,19-24H2,1-6H3/p+2/t31?,32?,33-,34+,35-,36+,43?,44?,45?,46?. The van der Waals surface area contributed by atoms with Crippen molar-refractivity contribution in [3.8, 4) is 23.0 Å². The van der Waals surface area contributed by atoms with Gasteiger partial charge in [-0.1, -0.05) is 0 Å². The van der Waals surface area contributed by atoms with Gasteiger partial charge in [-0.15, -0.1) is 0 Å². The molecule has 14 heteroatoms. The fourth-order valence-electron chi connectivity index (χ4n) is 12.6. The summed E-state index contributed by atoms with van der Waals surface area (Å²) in [6.45, 7) is 6.32. The van der Waals surface area contributed by atoms with E-state index in [-0.39, 0.29) is 59.0 Å². The lowest BCUT2D eigenvalue weighted by Crippen LogP contribution is -2.71. The maximum Gasteiger partial charge on any atom is 0.311 e. The summed E-state index contributed by atoms with van der Waals surface area (Å²) in [5, 5.41) is 22.6. The van der Waals surface area contributed by atoms with Crippen LogP contribution in [-0.4, -0.2) is 93.3 Å². The predicted octanol–water partition coefficient (Wildman–Crippen LogP) is 5.80. The molecule has 14 nitrogen and oxygen atoms in total. The SMILES string of the molecule is CC(=O)Oc1ccc(C[N+]2(C)[C@@H]3CC[C@H]2CC(C2(C(=O)O)CCC2(C(=O)O)C2C[C@H]4CC[C@@H](C2)[N+]4(C)Cc2ccc(OC(C)=O)c(OC(C)=O)c2)C3)cc1OC(C)=O. The van der Waals surface area contributed by atoms with Crippen LogP contribution in [0.1, 0.15) is 103 Å². The van der Waals surface area contributed by atoms with E-state index in [1.54, 1.807) is 24.3 Å². The predicted molar refractivity (Wildman–Crippen MR) is 206 cm³/mol. The number of carbonyl (C=O) groups excluding carboxylic acids is 4. The Bertz CT molecular complexity index is 1880. The number of fused-ring (bicyclic) bond motifs is 4. The van der Waals surface area contributed by atoms with Crippen molar-refractivity contribution < 1.29 is 66.9 Å². The lowest BCUT2D eigenvalue weighted by molar-refractivity contribution is -0.963. The van der Waals surface area contributed by atoms with Crippen LogP contribution >= 0.6 is 0 Å². The zero-order valence-corrected chi connectivity index (χ0v) is 34.3. The molecule has 0 amide bonds. The van der Waals surface area contributed by atoms with Crippen molar-refractivity contribution in [1.82, 2.24) is 0 Å². The topological polar surface area (TPSA) is 180 Å². The van der Waals surface area contributed by atoms with Crippen LogP contribution < -0.4 is 18.9 Å². The number of benzene rings is 2. The number of hydrogen-bond acceptors (Lipinski definition) is 10. The maximum absolute atomic E-state index is 13.8. The number of ether oxygens (including phenoxy) is 4. The van der Waals surface area contributed by atoms with E-state index in [1.807, 2.05) is 12.1 Å². The number of aliphatic carboxylic acids is 2. The molecule has 4 aliphatic heterocycles. The molecule has 5 fully saturated rings. The first-order valence-electron chi connectivity index (χ1n) is 20.5. The van der Waals surface area contributed by atoms with Crippen molar-refractivity contribution in [2.75, 3.05) is 14.1 Å². The Morgan fingerprint density at radius 1 is 0.534 bits per heavy atom. The number of rotatable bonds is 12. The number of esters is 4. The molecule has 4 bridgehead atoms. The molecule has 312 valence electrons. The summed E-state index contributed by atoms with van der Waals surface area (Å²) < 4.78 is 22.7. The van der Waals surface area contributed by atoms with E-state index < -0.39 is 46.6 Å². The molecule has 4 saturated heterocycles. The number of carboxylic acids is 2. The van der Waals surface area contributed by atoms with Crippen LogP contribution in [0.2, 0.25) is 0 Å². The van der Waals surface area contributed by atoms with Gasteiger partial charge in [0, 0.05) is 90.2 Å². The summed E-state index contributed by atoms with van der Waals surface area (Å²) in [6.07, 6.45) is 6.74. The van der Waals surface area contributed by atoms with Gasteiger partial charge in [-0.2, -0.15) is 0 Å². The van der Waals surface area contributed by atoms with Crippen LogP contribution in [0.5, 0.6) is 23.0 Å². The Balaban J connectivity index is 1.13. The minimum Gasteiger partial charge on any atom is -0.481 e. The average molecular weight is 805 g/mol. The van der Waals surface area contributed by atoms with E-state index in [9.17, 15) is 39.0 Å². The van der Waals surface area contributed by atoms with Crippen LogP contribution in [-0.2, 0) is 41.9 Å². The van der Waals surface area contributed by atoms with Crippen LogP contribution in [0.25, 0.3) is 0 Å². The molecule has 2 aromatic carbocycles. The van der Waals surface area contributed by atoms with Gasteiger partial charge < -0.3 is 38.1 Å². The number of carboxylic acid groups (broad SMARTS) is 2. The molecule has 6 unspecified atom stereocenters. The number of nitrogens with zero attached hydrogens (tertiary/aromatic N) is 2. The molecule has 7 rings (SSSR count). The summed E-state index contributed by atoms with van der Waals surface area (Å²) in [5.41, 5.74) is -0.975. The number of carbonyl (C=O) groups is 6. The average Bonchev–Trinajstić information content (AvgIpc) is 3.33. The lowest BCUT2D eigenvalue weighted by atomic mass is 9.38. The Morgan fingerprint density at radius 2 is 0.828 bits per heavy atom. The van der Waals surface area contributed by atoms with Gasteiger partial charge in [0.2, 0.25) is 0 Å². The third-order valence-corrected chi connectivity index (χ3v) is 15.2. The Labute approximate surface area is 338 Å². The number of piperidine rings is 2. The zero-order valence-electron chi connectivity index (χ0n) is 34.3. The third-order valence-electron chi connectivity index (χ3n) is 15.2. The fraction of sp³-hybridized carbons (Fsp3) is 0.591. The van der Waals surface area contributed by atoms with Gasteiger partial charge >= 0.3 is 35.8 Å². The van der Waals surface area contributed by atoms with Gasteiger partial charge in [0.25, 0.3) is 0 Å². The largest absolute Gasteiger partial charge is 0.481 e. The first kappa shape index (κ1) is 41.3. The van der Waals surface area contributed by atoms with E-state index in [4.69, 9.17) is 18.9 Å². The monoisotopic (exact) mass is 804 g/mol. The number of hydrogen-bond donors (Lipinski definition) is 2. The molecule has 1 aliphatic carbocycles. The Hall–Kier alpha value is -4.82. The molecule has 2 aromatic rings. The van der Waals surface area contributed by atoms with Crippen molar-refractivity contribution in [2.45, 2.75) is 129 Å². The fourth-order valence-corrected chi connectivity index (χ4v) is 12.6. The highest BCUT2D eigenvalue weighted by atomic mass is 16.6. The summed E-state index contributed by atoms with van der Waals surface area (Å²) in [5.74, 6) is -4.06. The molecule has 0 spiro atoms. The minimum atomic E-state index is -1.38. The van der Waals surface area contributed by atoms with Crippen LogP contribution in [0.15, 0.2) is 36.4 Å². The van der Waals surface area contributed by atoms with Gasteiger partial charge in [-0.05, 0) is 61.1 Å². The first-order valence-corrected chi connectivity index (χ1v) is 20.5. The molecule has 2 N–H and O–H groups in total. The van der Waals surface area contributed by atoms with Gasteiger partial charge in [-0.25, -0.2) is 0 Å². The molecule has 5 aliphatic rings. The van der Waals surface area contributed by atoms with Crippen molar-refractivity contribution in [3.05, 3.63) is 47.5 Å². The molecular formula is C44H56N2O12+2. The summed E-state index contributed by atoms with van der Waals surface area (Å²) >= 11 is 0. The van der Waals surface area contributed by atoms with E-state index in [1.165, 1.54) is 27.7 Å². The van der Waals surface area contributed by atoms with Crippen molar-refractivity contribution in [3.63, 3.8) is 0 Å².